The fourth-order valence-electron chi connectivity index (χ4n) is 2.72. The molecule has 4 nitrogen and oxygen atoms in total. The molecule has 0 unspecified atom stereocenters. The Morgan fingerprint density at radius 2 is 1.52 bits per heavy atom. The van der Waals surface area contributed by atoms with Crippen LogP contribution in [-0.4, -0.2) is 16.0 Å². The average molecular weight is 417 g/mol. The van der Waals surface area contributed by atoms with Crippen molar-refractivity contribution in [2.45, 2.75) is 0 Å². The van der Waals surface area contributed by atoms with Gasteiger partial charge in [0.1, 0.15) is 5.69 Å². The molecule has 0 bridgehead atoms. The van der Waals surface area contributed by atoms with Crippen LogP contribution in [0.15, 0.2) is 101 Å². The van der Waals surface area contributed by atoms with Crippen LogP contribution in [0.2, 0.25) is 0 Å². The number of aromatic nitrogens is 2. The van der Waals surface area contributed by atoms with E-state index in [2.05, 4.69) is 38.6 Å². The fraction of sp³-hybridized carbons (Fsp3) is 0. The number of hydrogen-bond acceptors (Lipinski definition) is 3. The highest BCUT2D eigenvalue weighted by molar-refractivity contribution is 9.10. The lowest BCUT2D eigenvalue weighted by Crippen LogP contribution is -1.93. The first kappa shape index (κ1) is 17.2. The Hall–Kier alpha value is -3.18. The summed E-state index contributed by atoms with van der Waals surface area (Å²) in [5, 5.41) is 9.17. The lowest BCUT2D eigenvalue weighted by Gasteiger charge is -2.00. The Kier molecular flexibility index (Phi) is 5.12. The van der Waals surface area contributed by atoms with Gasteiger partial charge in [-0.3, -0.25) is 5.43 Å². The van der Waals surface area contributed by atoms with Crippen LogP contribution in [0.25, 0.3) is 16.9 Å². The van der Waals surface area contributed by atoms with Gasteiger partial charge in [-0.15, -0.1) is 0 Å². The summed E-state index contributed by atoms with van der Waals surface area (Å²) in [5.74, 6) is 0. The van der Waals surface area contributed by atoms with Gasteiger partial charge < -0.3 is 0 Å². The maximum absolute atomic E-state index is 4.78. The van der Waals surface area contributed by atoms with Crippen LogP contribution in [0.4, 0.5) is 5.69 Å². The van der Waals surface area contributed by atoms with Gasteiger partial charge in [0.15, 0.2) is 0 Å². The molecule has 4 aromatic rings. The number of benzene rings is 3. The Bertz CT molecular complexity index is 1040. The third kappa shape index (κ3) is 4.15. The Balaban J connectivity index is 1.66. The molecular formula is C22H17BrN4. The molecular weight excluding hydrogens is 400 g/mol. The van der Waals surface area contributed by atoms with E-state index in [0.29, 0.717) is 0 Å². The largest absolute Gasteiger partial charge is 0.279 e. The van der Waals surface area contributed by atoms with Crippen LogP contribution in [0, 0.1) is 0 Å². The second-order valence-corrected chi connectivity index (χ2v) is 6.87. The molecule has 0 saturated heterocycles. The zero-order valence-electron chi connectivity index (χ0n) is 14.5. The number of halogens is 1. The first-order valence-corrected chi connectivity index (χ1v) is 9.34. The molecule has 27 heavy (non-hydrogen) atoms. The lowest BCUT2D eigenvalue weighted by atomic mass is 10.1. The normalized spacial score (nSPS) is 11.0. The van der Waals surface area contributed by atoms with Crippen molar-refractivity contribution in [3.8, 4) is 16.9 Å². The van der Waals surface area contributed by atoms with Crippen LogP contribution in [0.1, 0.15) is 5.56 Å². The van der Waals surface area contributed by atoms with E-state index in [-0.39, 0.29) is 0 Å². The van der Waals surface area contributed by atoms with Gasteiger partial charge in [0, 0.05) is 21.8 Å². The summed E-state index contributed by atoms with van der Waals surface area (Å²) >= 11 is 3.43. The number of nitrogens with zero attached hydrogens (tertiary/aromatic N) is 3. The summed E-state index contributed by atoms with van der Waals surface area (Å²) in [7, 11) is 0. The van der Waals surface area contributed by atoms with E-state index in [0.717, 1.165) is 32.7 Å². The van der Waals surface area contributed by atoms with Crippen molar-refractivity contribution < 1.29 is 0 Å². The number of nitrogens with one attached hydrogen (secondary N) is 1. The first-order valence-electron chi connectivity index (χ1n) is 8.55. The number of hydrogen-bond donors (Lipinski definition) is 1. The minimum absolute atomic E-state index is 0.890. The summed E-state index contributed by atoms with van der Waals surface area (Å²) in [4.78, 5) is 0. The number of hydrazone groups is 1. The molecule has 0 aliphatic rings. The second-order valence-electron chi connectivity index (χ2n) is 5.96. The van der Waals surface area contributed by atoms with Crippen LogP contribution in [0.5, 0.6) is 0 Å². The molecule has 5 heteroatoms. The molecule has 132 valence electrons. The quantitative estimate of drug-likeness (QED) is 0.332. The molecule has 0 atom stereocenters. The van der Waals surface area contributed by atoms with Crippen LogP contribution in [-0.2, 0) is 0 Å². The number of para-hydroxylation sites is 1. The molecule has 0 radical (unpaired) electrons. The fourth-order valence-corrected chi connectivity index (χ4v) is 2.98. The third-order valence-electron chi connectivity index (χ3n) is 4.05. The standard InChI is InChI=1S/C22H17BrN4/c23-19-11-13-20(14-12-19)25-24-15-18-16-27(21-9-5-2-6-10-21)26-22(18)17-7-3-1-4-8-17/h1-16,25H. The minimum atomic E-state index is 0.890. The highest BCUT2D eigenvalue weighted by Gasteiger charge is 2.10. The van der Waals surface area contributed by atoms with E-state index in [1.807, 2.05) is 83.7 Å². The van der Waals surface area contributed by atoms with Gasteiger partial charge in [-0.05, 0) is 36.4 Å². The van der Waals surface area contributed by atoms with Gasteiger partial charge in [0.2, 0.25) is 0 Å². The van der Waals surface area contributed by atoms with E-state index in [4.69, 9.17) is 5.10 Å². The molecule has 0 amide bonds. The smallest absolute Gasteiger partial charge is 0.102 e. The lowest BCUT2D eigenvalue weighted by molar-refractivity contribution is 0.884. The predicted molar refractivity (Wildman–Crippen MR) is 114 cm³/mol. The summed E-state index contributed by atoms with van der Waals surface area (Å²) < 4.78 is 2.91. The van der Waals surface area contributed by atoms with E-state index in [1.165, 1.54) is 0 Å². The number of anilines is 1. The number of rotatable bonds is 5. The molecule has 0 saturated carbocycles. The average Bonchev–Trinajstić information content (AvgIpc) is 3.15. The van der Waals surface area contributed by atoms with Gasteiger partial charge in [-0.2, -0.15) is 10.2 Å². The van der Waals surface area contributed by atoms with Gasteiger partial charge in [0.05, 0.1) is 17.6 Å². The van der Waals surface area contributed by atoms with Crippen molar-refractivity contribution in [2.75, 3.05) is 5.43 Å². The predicted octanol–water partition coefficient (Wildman–Crippen LogP) is 5.75. The Morgan fingerprint density at radius 3 is 2.22 bits per heavy atom. The van der Waals surface area contributed by atoms with E-state index in [1.54, 1.807) is 6.21 Å². The Morgan fingerprint density at radius 1 is 0.852 bits per heavy atom. The zero-order chi connectivity index (χ0) is 18.5. The molecule has 0 aliphatic heterocycles. The van der Waals surface area contributed by atoms with E-state index >= 15 is 0 Å². The third-order valence-corrected chi connectivity index (χ3v) is 4.58. The maximum atomic E-state index is 4.78. The summed E-state index contributed by atoms with van der Waals surface area (Å²) in [6, 6.07) is 28.1. The molecule has 0 fully saturated rings. The van der Waals surface area contributed by atoms with Crippen LogP contribution in [0.3, 0.4) is 0 Å². The molecule has 1 aromatic heterocycles. The van der Waals surface area contributed by atoms with E-state index in [9.17, 15) is 0 Å². The molecule has 4 rings (SSSR count). The van der Waals surface area contributed by atoms with Gasteiger partial charge >= 0.3 is 0 Å². The van der Waals surface area contributed by atoms with Crippen molar-refractivity contribution in [1.29, 1.82) is 0 Å². The molecule has 0 aliphatic carbocycles. The molecule has 1 N–H and O–H groups in total. The monoisotopic (exact) mass is 416 g/mol. The zero-order valence-corrected chi connectivity index (χ0v) is 16.0. The molecule has 1 heterocycles. The maximum Gasteiger partial charge on any atom is 0.102 e. The minimum Gasteiger partial charge on any atom is -0.279 e. The summed E-state index contributed by atoms with van der Waals surface area (Å²) in [5.41, 5.74) is 7.87. The molecule has 0 spiro atoms. The van der Waals surface area contributed by atoms with Crippen molar-refractivity contribution in [3.63, 3.8) is 0 Å². The highest BCUT2D eigenvalue weighted by Crippen LogP contribution is 2.22. The van der Waals surface area contributed by atoms with Crippen molar-refractivity contribution in [3.05, 3.63) is 101 Å². The highest BCUT2D eigenvalue weighted by atomic mass is 79.9. The van der Waals surface area contributed by atoms with Crippen molar-refractivity contribution >= 4 is 27.8 Å². The van der Waals surface area contributed by atoms with Crippen molar-refractivity contribution in [1.82, 2.24) is 9.78 Å². The van der Waals surface area contributed by atoms with E-state index < -0.39 is 0 Å². The Labute approximate surface area is 166 Å². The SMILES string of the molecule is Brc1ccc(NN=Cc2cn(-c3ccccc3)nc2-c2ccccc2)cc1. The first-order chi connectivity index (χ1) is 13.3. The van der Waals surface area contributed by atoms with Crippen LogP contribution < -0.4 is 5.43 Å². The summed E-state index contributed by atoms with van der Waals surface area (Å²) in [6.07, 6.45) is 3.79. The van der Waals surface area contributed by atoms with Crippen molar-refractivity contribution in [2.24, 2.45) is 5.10 Å². The molecule has 3 aromatic carbocycles. The second kappa shape index (κ2) is 8.01. The van der Waals surface area contributed by atoms with Gasteiger partial charge in [0.25, 0.3) is 0 Å². The summed E-state index contributed by atoms with van der Waals surface area (Å²) in [6.45, 7) is 0. The topological polar surface area (TPSA) is 42.2 Å². The van der Waals surface area contributed by atoms with Gasteiger partial charge in [-0.25, -0.2) is 4.68 Å². The van der Waals surface area contributed by atoms with Gasteiger partial charge in [-0.1, -0.05) is 64.5 Å². The van der Waals surface area contributed by atoms with Crippen LogP contribution >= 0.6 is 15.9 Å².